The van der Waals surface area contributed by atoms with Crippen LogP contribution < -0.4 is 5.46 Å². The van der Waals surface area contributed by atoms with E-state index in [4.69, 9.17) is 9.47 Å². The van der Waals surface area contributed by atoms with Crippen LogP contribution in [0.4, 0.5) is 0 Å². The van der Waals surface area contributed by atoms with E-state index in [1.165, 1.54) is 0 Å². The molecule has 0 bridgehead atoms. The number of carbonyl (C=O) groups excluding carboxylic acids is 2. The Bertz CT molecular complexity index is 580. The summed E-state index contributed by atoms with van der Waals surface area (Å²) in [6, 6.07) is 6.46. The average molecular weight is 364 g/mol. The van der Waals surface area contributed by atoms with Crippen LogP contribution in [0.2, 0.25) is 0 Å². The normalized spacial score (nSPS) is 12.0. The third-order valence-electron chi connectivity index (χ3n) is 3.37. The minimum absolute atomic E-state index is 0.0253. The molecule has 0 saturated carbocycles. The van der Waals surface area contributed by atoms with Gasteiger partial charge in [0.05, 0.1) is 12.8 Å². The molecule has 0 radical (unpaired) electrons. The quantitative estimate of drug-likeness (QED) is 0.592. The molecular formula is C19H29BO6. The van der Waals surface area contributed by atoms with Gasteiger partial charge in [0.15, 0.2) is 0 Å². The van der Waals surface area contributed by atoms with E-state index in [0.29, 0.717) is 5.46 Å². The SMILES string of the molecule is CC(C)(C)OC(=O)CC(CC(=O)OC(C)(C)C)c1ccc(B(O)O)cc1. The Kier molecular flexibility index (Phi) is 7.41. The highest BCUT2D eigenvalue weighted by atomic mass is 16.6. The molecule has 7 heteroatoms. The van der Waals surface area contributed by atoms with Crippen LogP contribution in [-0.4, -0.2) is 40.3 Å². The van der Waals surface area contributed by atoms with E-state index in [1.54, 1.807) is 65.8 Å². The van der Waals surface area contributed by atoms with Gasteiger partial charge in [-0.25, -0.2) is 0 Å². The molecule has 0 amide bonds. The molecule has 144 valence electrons. The molecule has 0 aliphatic rings. The van der Waals surface area contributed by atoms with Crippen LogP contribution in [0.5, 0.6) is 0 Å². The largest absolute Gasteiger partial charge is 0.488 e. The second-order valence-electron chi connectivity index (χ2n) is 8.32. The van der Waals surface area contributed by atoms with Gasteiger partial charge in [-0.3, -0.25) is 9.59 Å². The van der Waals surface area contributed by atoms with Crippen LogP contribution in [0.1, 0.15) is 65.9 Å². The number of esters is 2. The second-order valence-corrected chi connectivity index (χ2v) is 8.32. The highest BCUT2D eigenvalue weighted by Gasteiger charge is 2.26. The summed E-state index contributed by atoms with van der Waals surface area (Å²) in [6.07, 6.45) is 0.0507. The molecule has 0 unspecified atom stereocenters. The summed E-state index contributed by atoms with van der Waals surface area (Å²) >= 11 is 0. The minimum Gasteiger partial charge on any atom is -0.460 e. The van der Waals surface area contributed by atoms with Crippen LogP contribution in [0.15, 0.2) is 24.3 Å². The summed E-state index contributed by atoms with van der Waals surface area (Å²) in [5.74, 6) is -1.24. The highest BCUT2D eigenvalue weighted by molar-refractivity contribution is 6.58. The van der Waals surface area contributed by atoms with Crippen molar-refractivity contribution >= 4 is 24.5 Å². The zero-order chi connectivity index (χ0) is 20.1. The zero-order valence-corrected chi connectivity index (χ0v) is 16.4. The van der Waals surface area contributed by atoms with Gasteiger partial charge in [0.2, 0.25) is 0 Å². The Hall–Kier alpha value is -1.86. The Balaban J connectivity index is 2.97. The van der Waals surface area contributed by atoms with Crippen molar-refractivity contribution in [2.75, 3.05) is 0 Å². The smallest absolute Gasteiger partial charge is 0.460 e. The van der Waals surface area contributed by atoms with Crippen molar-refractivity contribution in [3.63, 3.8) is 0 Å². The van der Waals surface area contributed by atoms with Gasteiger partial charge in [-0.15, -0.1) is 0 Å². The minimum atomic E-state index is -1.57. The molecule has 1 aromatic carbocycles. The maximum Gasteiger partial charge on any atom is 0.488 e. The number of ether oxygens (including phenoxy) is 2. The predicted octanol–water partition coefficient (Wildman–Crippen LogP) is 1.91. The lowest BCUT2D eigenvalue weighted by atomic mass is 9.79. The second kappa shape index (κ2) is 8.69. The monoisotopic (exact) mass is 364 g/mol. The molecule has 26 heavy (non-hydrogen) atoms. The fourth-order valence-corrected chi connectivity index (χ4v) is 2.42. The first-order valence-electron chi connectivity index (χ1n) is 8.66. The number of rotatable bonds is 6. The molecule has 1 aromatic rings. The Labute approximate surface area is 155 Å². The topological polar surface area (TPSA) is 93.1 Å². The fourth-order valence-electron chi connectivity index (χ4n) is 2.42. The third kappa shape index (κ3) is 8.49. The van der Waals surface area contributed by atoms with E-state index in [-0.39, 0.29) is 12.8 Å². The van der Waals surface area contributed by atoms with Crippen molar-refractivity contribution in [3.8, 4) is 0 Å². The summed E-state index contributed by atoms with van der Waals surface area (Å²) in [5.41, 5.74) is -0.162. The van der Waals surface area contributed by atoms with Crippen LogP contribution in [0.25, 0.3) is 0 Å². The van der Waals surface area contributed by atoms with Crippen molar-refractivity contribution in [3.05, 3.63) is 29.8 Å². The van der Waals surface area contributed by atoms with E-state index >= 15 is 0 Å². The van der Waals surface area contributed by atoms with Gasteiger partial charge in [0.1, 0.15) is 11.2 Å². The lowest BCUT2D eigenvalue weighted by Crippen LogP contribution is -2.30. The molecular weight excluding hydrogens is 335 g/mol. The average Bonchev–Trinajstić information content (AvgIpc) is 2.42. The van der Waals surface area contributed by atoms with Crippen LogP contribution in [0.3, 0.4) is 0 Å². The number of hydrogen-bond acceptors (Lipinski definition) is 6. The van der Waals surface area contributed by atoms with Crippen LogP contribution in [-0.2, 0) is 19.1 Å². The Morgan fingerprint density at radius 3 is 1.58 bits per heavy atom. The van der Waals surface area contributed by atoms with E-state index < -0.39 is 36.2 Å². The summed E-state index contributed by atoms with van der Waals surface area (Å²) < 4.78 is 10.7. The standard InChI is InChI=1S/C19H29BO6/c1-18(2,3)25-16(21)11-14(12-17(22)26-19(4,5)6)13-7-9-15(10-8-13)20(23)24/h7-10,14,23-24H,11-12H2,1-6H3. The molecule has 0 aliphatic heterocycles. The molecule has 0 fully saturated rings. The summed E-state index contributed by atoms with van der Waals surface area (Å²) in [6.45, 7) is 10.7. The fraction of sp³-hybridized carbons (Fsp3) is 0.579. The van der Waals surface area contributed by atoms with Crippen molar-refractivity contribution in [2.24, 2.45) is 0 Å². The maximum absolute atomic E-state index is 12.2. The summed E-state index contributed by atoms with van der Waals surface area (Å²) in [5, 5.41) is 18.4. The molecule has 6 nitrogen and oxygen atoms in total. The van der Waals surface area contributed by atoms with Crippen molar-refractivity contribution in [2.45, 2.75) is 71.5 Å². The molecule has 0 saturated heterocycles. The summed E-state index contributed by atoms with van der Waals surface area (Å²) in [7, 11) is -1.57. The van der Waals surface area contributed by atoms with E-state index in [0.717, 1.165) is 5.56 Å². The molecule has 1 rings (SSSR count). The number of hydrogen-bond donors (Lipinski definition) is 2. The lowest BCUT2D eigenvalue weighted by molar-refractivity contribution is -0.157. The van der Waals surface area contributed by atoms with E-state index in [9.17, 15) is 19.6 Å². The van der Waals surface area contributed by atoms with Gasteiger partial charge >= 0.3 is 19.1 Å². The molecule has 0 atom stereocenters. The first-order valence-corrected chi connectivity index (χ1v) is 8.66. The van der Waals surface area contributed by atoms with Gasteiger partial charge in [-0.1, -0.05) is 24.3 Å². The number of carbonyl (C=O) groups is 2. The molecule has 0 aromatic heterocycles. The van der Waals surface area contributed by atoms with Gasteiger partial charge in [-0.2, -0.15) is 0 Å². The molecule has 0 spiro atoms. The molecule has 2 N–H and O–H groups in total. The molecule has 0 heterocycles. The summed E-state index contributed by atoms with van der Waals surface area (Å²) in [4.78, 5) is 24.5. The number of benzene rings is 1. The van der Waals surface area contributed by atoms with Gasteiger partial charge in [0, 0.05) is 5.92 Å². The van der Waals surface area contributed by atoms with Crippen molar-refractivity contribution in [1.82, 2.24) is 0 Å². The maximum atomic E-state index is 12.2. The zero-order valence-electron chi connectivity index (χ0n) is 16.4. The molecule has 0 aliphatic carbocycles. The van der Waals surface area contributed by atoms with Crippen LogP contribution >= 0.6 is 0 Å². The highest BCUT2D eigenvalue weighted by Crippen LogP contribution is 2.26. The van der Waals surface area contributed by atoms with E-state index in [1.807, 2.05) is 0 Å². The van der Waals surface area contributed by atoms with Gasteiger partial charge < -0.3 is 19.5 Å². The van der Waals surface area contributed by atoms with Crippen molar-refractivity contribution in [1.29, 1.82) is 0 Å². The Morgan fingerprint density at radius 2 is 1.27 bits per heavy atom. The first kappa shape index (κ1) is 22.2. The van der Waals surface area contributed by atoms with Crippen LogP contribution in [0, 0.1) is 0 Å². The lowest BCUT2D eigenvalue weighted by Gasteiger charge is -2.24. The van der Waals surface area contributed by atoms with E-state index in [2.05, 4.69) is 0 Å². The third-order valence-corrected chi connectivity index (χ3v) is 3.37. The van der Waals surface area contributed by atoms with Gasteiger partial charge in [0.25, 0.3) is 0 Å². The van der Waals surface area contributed by atoms with Crippen molar-refractivity contribution < 1.29 is 29.1 Å². The first-order chi connectivity index (χ1) is 11.8. The predicted molar refractivity (Wildman–Crippen MR) is 99.9 cm³/mol. The Morgan fingerprint density at radius 1 is 0.885 bits per heavy atom. The van der Waals surface area contributed by atoms with Gasteiger partial charge in [-0.05, 0) is 52.6 Å².